The molecule has 1 aliphatic heterocycles. The number of aliphatic imine (C=N–C) groups is 1. The first kappa shape index (κ1) is 20.8. The van der Waals surface area contributed by atoms with Crippen LogP contribution in [0.2, 0.25) is 0 Å². The van der Waals surface area contributed by atoms with Gasteiger partial charge in [0, 0.05) is 18.0 Å². The summed E-state index contributed by atoms with van der Waals surface area (Å²) in [6.07, 6.45) is 1.62. The zero-order valence-corrected chi connectivity index (χ0v) is 16.3. The maximum Gasteiger partial charge on any atom is 0.416 e. The Morgan fingerprint density at radius 1 is 1.26 bits per heavy atom. The van der Waals surface area contributed by atoms with E-state index in [9.17, 15) is 22.7 Å². The van der Waals surface area contributed by atoms with Crippen LogP contribution in [0, 0.1) is 5.82 Å². The SMILES string of the molecule is CC1=CC(c2onc(-c3cc(C(F)(F)F)ccc3F)c2C(O)C2=CN=CCC2)=C=C=C1. The number of benzene rings is 1. The van der Waals surface area contributed by atoms with Crippen LogP contribution in [0.15, 0.2) is 68.7 Å². The van der Waals surface area contributed by atoms with E-state index in [-0.39, 0.29) is 17.0 Å². The molecule has 0 bridgehead atoms. The summed E-state index contributed by atoms with van der Waals surface area (Å²) in [6.45, 7) is 1.81. The first-order valence-corrected chi connectivity index (χ1v) is 9.41. The summed E-state index contributed by atoms with van der Waals surface area (Å²) in [5.41, 5.74) is 5.76. The van der Waals surface area contributed by atoms with Crippen molar-refractivity contribution in [3.8, 4) is 11.3 Å². The molecule has 1 aliphatic carbocycles. The minimum atomic E-state index is -4.67. The number of nitrogens with zero attached hydrogens (tertiary/aromatic N) is 2. The molecule has 4 rings (SSSR count). The van der Waals surface area contributed by atoms with Crippen molar-refractivity contribution in [3.05, 3.63) is 81.9 Å². The molecule has 158 valence electrons. The lowest BCUT2D eigenvalue weighted by Crippen LogP contribution is -2.09. The maximum atomic E-state index is 14.6. The number of aromatic nitrogens is 1. The lowest BCUT2D eigenvalue weighted by atomic mass is 9.91. The molecule has 1 atom stereocenters. The zero-order valence-electron chi connectivity index (χ0n) is 16.3. The van der Waals surface area contributed by atoms with Crippen LogP contribution < -0.4 is 0 Å². The summed E-state index contributed by atoms with van der Waals surface area (Å²) in [5, 5.41) is 14.9. The average Bonchev–Trinajstić information content (AvgIpc) is 3.18. The van der Waals surface area contributed by atoms with Crippen LogP contribution in [0.5, 0.6) is 0 Å². The smallest absolute Gasteiger partial charge is 0.384 e. The lowest BCUT2D eigenvalue weighted by Gasteiger charge is -2.17. The lowest BCUT2D eigenvalue weighted by molar-refractivity contribution is -0.137. The van der Waals surface area contributed by atoms with Gasteiger partial charge in [-0.3, -0.25) is 4.99 Å². The van der Waals surface area contributed by atoms with Gasteiger partial charge in [0.2, 0.25) is 0 Å². The van der Waals surface area contributed by atoms with Gasteiger partial charge in [0.25, 0.3) is 0 Å². The van der Waals surface area contributed by atoms with E-state index >= 15 is 0 Å². The van der Waals surface area contributed by atoms with Crippen molar-refractivity contribution in [3.63, 3.8) is 0 Å². The molecule has 0 radical (unpaired) electrons. The predicted molar refractivity (Wildman–Crippen MR) is 106 cm³/mol. The molecule has 1 N–H and O–H groups in total. The molecule has 8 heteroatoms. The number of hydrogen-bond acceptors (Lipinski definition) is 4. The van der Waals surface area contributed by atoms with Crippen molar-refractivity contribution < 1.29 is 27.2 Å². The first-order chi connectivity index (χ1) is 14.8. The largest absolute Gasteiger partial charge is 0.416 e. The minimum Gasteiger partial charge on any atom is -0.384 e. The van der Waals surface area contributed by atoms with Gasteiger partial charge in [-0.25, -0.2) is 4.39 Å². The van der Waals surface area contributed by atoms with Crippen LogP contribution in [0.3, 0.4) is 0 Å². The summed E-state index contributed by atoms with van der Waals surface area (Å²) in [6, 6.07) is 2.03. The van der Waals surface area contributed by atoms with Crippen LogP contribution in [0.1, 0.15) is 42.8 Å². The highest BCUT2D eigenvalue weighted by atomic mass is 19.4. The number of hydrogen-bond donors (Lipinski definition) is 1. The Hall–Kier alpha value is -3.44. The van der Waals surface area contributed by atoms with E-state index < -0.39 is 29.2 Å². The van der Waals surface area contributed by atoms with E-state index in [1.807, 2.05) is 6.92 Å². The molecule has 1 aromatic carbocycles. The van der Waals surface area contributed by atoms with Gasteiger partial charge in [0.15, 0.2) is 5.76 Å². The molecule has 0 saturated heterocycles. The molecule has 1 aromatic heterocycles. The van der Waals surface area contributed by atoms with Crippen molar-refractivity contribution in [2.24, 2.45) is 4.99 Å². The summed E-state index contributed by atoms with van der Waals surface area (Å²) >= 11 is 0. The Morgan fingerprint density at radius 2 is 2.06 bits per heavy atom. The molecule has 1 unspecified atom stereocenters. The molecule has 2 aliphatic rings. The average molecular weight is 428 g/mol. The molecule has 0 saturated carbocycles. The van der Waals surface area contributed by atoms with Crippen LogP contribution in [-0.2, 0) is 6.18 Å². The van der Waals surface area contributed by atoms with E-state index in [4.69, 9.17) is 4.52 Å². The topological polar surface area (TPSA) is 58.6 Å². The Kier molecular flexibility index (Phi) is 5.38. The fourth-order valence-corrected chi connectivity index (χ4v) is 3.39. The van der Waals surface area contributed by atoms with Gasteiger partial charge in [-0.1, -0.05) is 16.6 Å². The van der Waals surface area contributed by atoms with Gasteiger partial charge in [0.05, 0.1) is 16.7 Å². The second-order valence-electron chi connectivity index (χ2n) is 7.16. The number of aliphatic hydroxyl groups excluding tert-OH is 1. The van der Waals surface area contributed by atoms with Crippen LogP contribution >= 0.6 is 0 Å². The third-order valence-corrected chi connectivity index (χ3v) is 4.93. The fraction of sp³-hybridized carbons (Fsp3) is 0.217. The molecule has 31 heavy (non-hydrogen) atoms. The molecule has 2 heterocycles. The second-order valence-corrected chi connectivity index (χ2v) is 7.16. The Labute approximate surface area is 174 Å². The van der Waals surface area contributed by atoms with E-state index in [0.29, 0.717) is 36.1 Å². The van der Waals surface area contributed by atoms with Gasteiger partial charge < -0.3 is 9.63 Å². The number of aliphatic hydroxyl groups is 1. The highest BCUT2D eigenvalue weighted by molar-refractivity contribution is 5.79. The van der Waals surface area contributed by atoms with Gasteiger partial charge in [-0.15, -0.1) is 0 Å². The monoisotopic (exact) mass is 428 g/mol. The Morgan fingerprint density at radius 3 is 2.74 bits per heavy atom. The molecule has 4 nitrogen and oxygen atoms in total. The summed E-state index contributed by atoms with van der Waals surface area (Å²) in [5.74, 6) is -0.841. The predicted octanol–water partition coefficient (Wildman–Crippen LogP) is 5.93. The molecule has 2 aromatic rings. The van der Waals surface area contributed by atoms with Gasteiger partial charge in [-0.05, 0) is 61.3 Å². The van der Waals surface area contributed by atoms with Crippen LogP contribution in [0.25, 0.3) is 16.8 Å². The quantitative estimate of drug-likeness (QED) is 0.485. The zero-order chi connectivity index (χ0) is 22.2. The van der Waals surface area contributed by atoms with Crippen LogP contribution in [-0.4, -0.2) is 16.5 Å². The van der Waals surface area contributed by atoms with Gasteiger partial charge in [0.1, 0.15) is 17.6 Å². The van der Waals surface area contributed by atoms with E-state index in [2.05, 4.69) is 21.6 Å². The third-order valence-electron chi connectivity index (χ3n) is 4.93. The van der Waals surface area contributed by atoms with Gasteiger partial charge >= 0.3 is 6.18 Å². The summed E-state index contributed by atoms with van der Waals surface area (Å²) in [7, 11) is 0. The molecule has 0 spiro atoms. The second kappa shape index (κ2) is 8.00. The number of halogens is 4. The van der Waals surface area contributed by atoms with E-state index in [0.717, 1.165) is 11.6 Å². The Bertz CT molecular complexity index is 1230. The van der Waals surface area contributed by atoms with Crippen molar-refractivity contribution in [1.29, 1.82) is 0 Å². The first-order valence-electron chi connectivity index (χ1n) is 9.41. The fourth-order valence-electron chi connectivity index (χ4n) is 3.39. The van der Waals surface area contributed by atoms with Crippen molar-refractivity contribution in [2.45, 2.75) is 32.0 Å². The van der Waals surface area contributed by atoms with E-state index in [1.54, 1.807) is 18.4 Å². The molecule has 0 amide bonds. The normalized spacial score (nSPS) is 16.8. The summed E-state index contributed by atoms with van der Waals surface area (Å²) in [4.78, 5) is 4.04. The minimum absolute atomic E-state index is 0.0526. The number of rotatable bonds is 4. The van der Waals surface area contributed by atoms with Crippen molar-refractivity contribution >= 4 is 11.8 Å². The van der Waals surface area contributed by atoms with Crippen molar-refractivity contribution in [2.75, 3.05) is 0 Å². The third kappa shape index (κ3) is 4.09. The van der Waals surface area contributed by atoms with Gasteiger partial charge in [-0.2, -0.15) is 13.2 Å². The molecular weight excluding hydrogens is 412 g/mol. The van der Waals surface area contributed by atoms with Crippen LogP contribution in [0.4, 0.5) is 17.6 Å². The number of alkyl halides is 3. The summed E-state index contributed by atoms with van der Waals surface area (Å²) < 4.78 is 59.7. The molecular formula is C23H16F4N2O2. The standard InChI is InChI=1S/C23H16F4N2O2/c1-13-4-2-5-14(10-13)22-19(21(30)15-6-3-9-28-12-15)20(29-31-22)17-11-16(23(25,26)27)7-8-18(17)24/h4,7-12,21,30H,3,6H2,1H3. The highest BCUT2D eigenvalue weighted by Crippen LogP contribution is 2.41. The number of allylic oxidation sites excluding steroid dienone is 4. The molecule has 0 fully saturated rings. The van der Waals surface area contributed by atoms with E-state index in [1.165, 1.54) is 6.20 Å². The maximum absolute atomic E-state index is 14.6. The Balaban J connectivity index is 1.94. The van der Waals surface area contributed by atoms with Crippen molar-refractivity contribution in [1.82, 2.24) is 5.16 Å². The highest BCUT2D eigenvalue weighted by Gasteiger charge is 2.34.